The van der Waals surface area contributed by atoms with Gasteiger partial charge in [0, 0.05) is 24.8 Å². The molecule has 0 heterocycles. The number of aryl methyl sites for hydroxylation is 1. The van der Waals surface area contributed by atoms with E-state index in [0.717, 1.165) is 31.5 Å². The lowest BCUT2D eigenvalue weighted by Gasteiger charge is -2.30. The van der Waals surface area contributed by atoms with Crippen LogP contribution in [-0.4, -0.2) is 48.9 Å². The van der Waals surface area contributed by atoms with Gasteiger partial charge in [-0.15, -0.1) is 0 Å². The maximum atomic E-state index is 12.9. The summed E-state index contributed by atoms with van der Waals surface area (Å²) < 4.78 is 0. The van der Waals surface area contributed by atoms with E-state index in [0.29, 0.717) is 17.3 Å². The Morgan fingerprint density at radius 3 is 2.52 bits per heavy atom. The number of nitrogens with zero attached hydrogens (tertiary/aromatic N) is 2. The minimum atomic E-state index is 0.0879. The number of rotatable bonds is 5. The minimum Gasteiger partial charge on any atom is -0.398 e. The zero-order valence-corrected chi connectivity index (χ0v) is 13.4. The van der Waals surface area contributed by atoms with Gasteiger partial charge < -0.3 is 15.5 Å². The van der Waals surface area contributed by atoms with E-state index in [1.165, 1.54) is 12.8 Å². The van der Waals surface area contributed by atoms with E-state index in [9.17, 15) is 4.79 Å². The van der Waals surface area contributed by atoms with Gasteiger partial charge in [-0.3, -0.25) is 4.79 Å². The Bertz CT molecular complexity index is 493. The van der Waals surface area contributed by atoms with E-state index in [1.807, 2.05) is 44.1 Å². The summed E-state index contributed by atoms with van der Waals surface area (Å²) >= 11 is 0. The van der Waals surface area contributed by atoms with Crippen molar-refractivity contribution in [3.8, 4) is 0 Å². The molecule has 1 fully saturated rings. The molecule has 1 amide bonds. The smallest absolute Gasteiger partial charge is 0.256 e. The molecule has 1 saturated carbocycles. The van der Waals surface area contributed by atoms with E-state index in [1.54, 1.807) is 0 Å². The molecule has 0 saturated heterocycles. The molecule has 0 unspecified atom stereocenters. The largest absolute Gasteiger partial charge is 0.398 e. The van der Waals surface area contributed by atoms with E-state index in [4.69, 9.17) is 5.73 Å². The lowest BCUT2D eigenvalue weighted by Crippen LogP contribution is -2.43. The average molecular weight is 289 g/mol. The lowest BCUT2D eigenvalue weighted by molar-refractivity contribution is 0.0668. The number of hydrogen-bond donors (Lipinski definition) is 1. The van der Waals surface area contributed by atoms with E-state index >= 15 is 0 Å². The molecule has 0 bridgehead atoms. The highest BCUT2D eigenvalue weighted by molar-refractivity contribution is 5.99. The predicted molar refractivity (Wildman–Crippen MR) is 87.4 cm³/mol. The van der Waals surface area contributed by atoms with Crippen molar-refractivity contribution in [3.63, 3.8) is 0 Å². The van der Waals surface area contributed by atoms with Crippen LogP contribution in [0, 0.1) is 6.92 Å². The summed E-state index contributed by atoms with van der Waals surface area (Å²) in [6, 6.07) is 6.09. The van der Waals surface area contributed by atoms with Crippen molar-refractivity contribution < 1.29 is 4.79 Å². The third kappa shape index (κ3) is 3.76. The summed E-state index contributed by atoms with van der Waals surface area (Å²) in [5.74, 6) is 0.0879. The van der Waals surface area contributed by atoms with Crippen molar-refractivity contribution >= 4 is 11.6 Å². The third-order valence-electron chi connectivity index (χ3n) is 4.37. The number of benzene rings is 1. The maximum Gasteiger partial charge on any atom is 0.256 e. The SMILES string of the molecule is Cc1cccc(C(=O)N(CCN(C)C)C2CCCC2)c1N. The first kappa shape index (κ1) is 15.8. The van der Waals surface area contributed by atoms with Crippen molar-refractivity contribution in [2.24, 2.45) is 0 Å². The van der Waals surface area contributed by atoms with E-state index in [-0.39, 0.29) is 5.91 Å². The van der Waals surface area contributed by atoms with Crippen LogP contribution in [0.4, 0.5) is 5.69 Å². The Morgan fingerprint density at radius 2 is 1.90 bits per heavy atom. The molecule has 1 aliphatic carbocycles. The summed E-state index contributed by atoms with van der Waals surface area (Å²) in [6.45, 7) is 3.60. The molecule has 0 spiro atoms. The molecular weight excluding hydrogens is 262 g/mol. The zero-order valence-electron chi connectivity index (χ0n) is 13.4. The Balaban J connectivity index is 2.22. The summed E-state index contributed by atoms with van der Waals surface area (Å²) in [4.78, 5) is 17.1. The number of likely N-dealkylation sites (N-methyl/N-ethyl adjacent to an activating group) is 1. The van der Waals surface area contributed by atoms with Gasteiger partial charge in [-0.05, 0) is 45.5 Å². The van der Waals surface area contributed by atoms with Crippen LogP contribution in [-0.2, 0) is 0 Å². The summed E-state index contributed by atoms with van der Waals surface area (Å²) in [6.07, 6.45) is 4.68. The molecule has 1 aromatic rings. The molecule has 116 valence electrons. The number of hydrogen-bond acceptors (Lipinski definition) is 3. The average Bonchev–Trinajstić information content (AvgIpc) is 2.95. The Hall–Kier alpha value is -1.55. The van der Waals surface area contributed by atoms with Gasteiger partial charge in [0.25, 0.3) is 5.91 Å². The number of amides is 1. The predicted octanol–water partition coefficient (Wildman–Crippen LogP) is 2.52. The Kier molecular flexibility index (Phi) is 5.23. The molecule has 4 heteroatoms. The highest BCUT2D eigenvalue weighted by atomic mass is 16.2. The lowest BCUT2D eigenvalue weighted by atomic mass is 10.1. The Morgan fingerprint density at radius 1 is 1.24 bits per heavy atom. The fourth-order valence-electron chi connectivity index (χ4n) is 3.00. The van der Waals surface area contributed by atoms with E-state index < -0.39 is 0 Å². The topological polar surface area (TPSA) is 49.6 Å². The number of anilines is 1. The standard InChI is InChI=1S/C17H27N3O/c1-13-7-6-10-15(16(13)18)17(21)20(12-11-19(2)3)14-8-4-5-9-14/h6-7,10,14H,4-5,8-9,11-12,18H2,1-3H3. The molecule has 2 N–H and O–H groups in total. The highest BCUT2D eigenvalue weighted by Gasteiger charge is 2.28. The van der Waals surface area contributed by atoms with Crippen molar-refractivity contribution in [2.45, 2.75) is 38.6 Å². The molecule has 21 heavy (non-hydrogen) atoms. The highest BCUT2D eigenvalue weighted by Crippen LogP contribution is 2.26. The van der Waals surface area contributed by atoms with Crippen LogP contribution < -0.4 is 5.73 Å². The normalized spacial score (nSPS) is 15.6. The van der Waals surface area contributed by atoms with Crippen molar-refractivity contribution in [3.05, 3.63) is 29.3 Å². The van der Waals surface area contributed by atoms with Gasteiger partial charge in [0.1, 0.15) is 0 Å². The van der Waals surface area contributed by atoms with Crippen LogP contribution in [0.3, 0.4) is 0 Å². The summed E-state index contributed by atoms with van der Waals surface area (Å²) in [5, 5.41) is 0. The number of nitrogen functional groups attached to an aromatic ring is 1. The third-order valence-corrected chi connectivity index (χ3v) is 4.37. The maximum absolute atomic E-state index is 12.9. The molecule has 2 rings (SSSR count). The van der Waals surface area contributed by atoms with Gasteiger partial charge in [0.2, 0.25) is 0 Å². The number of nitrogens with two attached hydrogens (primary N) is 1. The van der Waals surface area contributed by atoms with Crippen molar-refractivity contribution in [1.29, 1.82) is 0 Å². The van der Waals surface area contributed by atoms with Gasteiger partial charge in [-0.1, -0.05) is 25.0 Å². The van der Waals surface area contributed by atoms with Crippen LogP contribution in [0.15, 0.2) is 18.2 Å². The van der Waals surface area contributed by atoms with Crippen LogP contribution in [0.1, 0.15) is 41.6 Å². The number of carbonyl (C=O) groups is 1. The van der Waals surface area contributed by atoms with Crippen molar-refractivity contribution in [1.82, 2.24) is 9.80 Å². The van der Waals surface area contributed by atoms with Gasteiger partial charge in [0.05, 0.1) is 5.56 Å². The van der Waals surface area contributed by atoms with Gasteiger partial charge in [-0.25, -0.2) is 0 Å². The summed E-state index contributed by atoms with van der Waals surface area (Å²) in [7, 11) is 4.08. The fourth-order valence-corrected chi connectivity index (χ4v) is 3.00. The fraction of sp³-hybridized carbons (Fsp3) is 0.588. The number of para-hydroxylation sites is 1. The molecule has 0 atom stereocenters. The van der Waals surface area contributed by atoms with Crippen molar-refractivity contribution in [2.75, 3.05) is 32.9 Å². The molecule has 0 radical (unpaired) electrons. The van der Waals surface area contributed by atoms with Crippen LogP contribution in [0.25, 0.3) is 0 Å². The monoisotopic (exact) mass is 289 g/mol. The first-order valence-electron chi connectivity index (χ1n) is 7.81. The Labute approximate surface area is 127 Å². The first-order chi connectivity index (χ1) is 10.0. The van der Waals surface area contributed by atoms with Gasteiger partial charge in [-0.2, -0.15) is 0 Å². The molecule has 0 aromatic heterocycles. The second-order valence-electron chi connectivity index (χ2n) is 6.28. The summed E-state index contributed by atoms with van der Waals surface area (Å²) in [5.41, 5.74) is 8.36. The second kappa shape index (κ2) is 6.94. The zero-order chi connectivity index (χ0) is 15.4. The molecule has 1 aromatic carbocycles. The molecular formula is C17H27N3O. The molecule has 0 aliphatic heterocycles. The van der Waals surface area contributed by atoms with Gasteiger partial charge >= 0.3 is 0 Å². The minimum absolute atomic E-state index is 0.0879. The molecule has 1 aliphatic rings. The first-order valence-corrected chi connectivity index (χ1v) is 7.81. The molecule has 4 nitrogen and oxygen atoms in total. The van der Waals surface area contributed by atoms with Crippen LogP contribution in [0.5, 0.6) is 0 Å². The van der Waals surface area contributed by atoms with Crippen LogP contribution >= 0.6 is 0 Å². The quantitative estimate of drug-likeness (QED) is 0.847. The van der Waals surface area contributed by atoms with Gasteiger partial charge in [0.15, 0.2) is 0 Å². The second-order valence-corrected chi connectivity index (χ2v) is 6.28. The van der Waals surface area contributed by atoms with E-state index in [2.05, 4.69) is 4.90 Å². The van der Waals surface area contributed by atoms with Crippen LogP contribution in [0.2, 0.25) is 0 Å². The number of carbonyl (C=O) groups excluding carboxylic acids is 1.